The van der Waals surface area contributed by atoms with Gasteiger partial charge >= 0.3 is 5.97 Å². The second kappa shape index (κ2) is 6.24. The van der Waals surface area contributed by atoms with Crippen molar-refractivity contribution < 1.29 is 19.5 Å². The predicted octanol–water partition coefficient (Wildman–Crippen LogP) is 0.860. The van der Waals surface area contributed by atoms with Gasteiger partial charge in [0.15, 0.2) is 0 Å². The van der Waals surface area contributed by atoms with Gasteiger partial charge in [0, 0.05) is 25.9 Å². The maximum Gasteiger partial charge on any atom is 0.326 e. The molecule has 1 fully saturated rings. The first-order valence-corrected chi connectivity index (χ1v) is 7.00. The molecule has 2 N–H and O–H groups in total. The molecule has 0 bridgehead atoms. The van der Waals surface area contributed by atoms with E-state index in [1.165, 1.54) is 18.7 Å². The topological polar surface area (TPSA) is 86.7 Å². The Morgan fingerprint density at radius 2 is 2.05 bits per heavy atom. The molecule has 2 amide bonds. The number of hydrogen-bond donors (Lipinski definition) is 2. The number of carbonyl (C=O) groups is 3. The molecule has 1 rings (SSSR count). The Morgan fingerprint density at radius 3 is 2.45 bits per heavy atom. The highest BCUT2D eigenvalue weighted by Gasteiger charge is 2.54. The Hall–Kier alpha value is -1.59. The van der Waals surface area contributed by atoms with Crippen molar-refractivity contribution in [2.45, 2.75) is 46.6 Å². The third kappa shape index (κ3) is 3.71. The number of rotatable bonds is 7. The minimum atomic E-state index is -1.03. The first kappa shape index (κ1) is 16.5. The van der Waals surface area contributed by atoms with Gasteiger partial charge in [0.2, 0.25) is 11.8 Å². The largest absolute Gasteiger partial charge is 0.480 e. The second-order valence-electron chi connectivity index (χ2n) is 5.79. The first-order chi connectivity index (χ1) is 9.23. The van der Waals surface area contributed by atoms with Crippen molar-refractivity contribution in [2.75, 3.05) is 13.1 Å². The molecular weight excluding hydrogens is 260 g/mol. The predicted molar refractivity (Wildman–Crippen MR) is 74.0 cm³/mol. The Labute approximate surface area is 119 Å². The summed E-state index contributed by atoms with van der Waals surface area (Å²) in [6.45, 7) is 7.47. The molecule has 20 heavy (non-hydrogen) atoms. The lowest BCUT2D eigenvalue weighted by atomic mass is 10.0. The summed E-state index contributed by atoms with van der Waals surface area (Å²) in [5.41, 5.74) is 0.00155. The van der Waals surface area contributed by atoms with Crippen LogP contribution in [0.3, 0.4) is 0 Å². The van der Waals surface area contributed by atoms with E-state index in [2.05, 4.69) is 5.32 Å². The maximum absolute atomic E-state index is 12.5. The number of carboxylic acid groups (broad SMARTS) is 1. The van der Waals surface area contributed by atoms with Crippen LogP contribution in [0.15, 0.2) is 0 Å². The molecule has 0 aromatic rings. The molecule has 1 aliphatic carbocycles. The van der Waals surface area contributed by atoms with E-state index in [4.69, 9.17) is 5.11 Å². The lowest BCUT2D eigenvalue weighted by Gasteiger charge is -2.27. The third-order valence-electron chi connectivity index (χ3n) is 4.29. The molecule has 0 radical (unpaired) electrons. The van der Waals surface area contributed by atoms with Crippen LogP contribution in [0.4, 0.5) is 0 Å². The fourth-order valence-electron chi connectivity index (χ4n) is 2.36. The lowest BCUT2D eigenvalue weighted by Crippen LogP contribution is -2.47. The van der Waals surface area contributed by atoms with E-state index in [1.807, 2.05) is 13.8 Å². The summed E-state index contributed by atoms with van der Waals surface area (Å²) >= 11 is 0. The minimum absolute atomic E-state index is 0.00155. The average molecular weight is 284 g/mol. The van der Waals surface area contributed by atoms with Crippen LogP contribution in [-0.2, 0) is 14.4 Å². The number of nitrogens with zero attached hydrogens (tertiary/aromatic N) is 1. The average Bonchev–Trinajstić information content (AvgIpc) is 3.06. The molecular formula is C14H24N2O4. The van der Waals surface area contributed by atoms with Crippen molar-refractivity contribution in [3.8, 4) is 0 Å². The van der Waals surface area contributed by atoms with Gasteiger partial charge in [-0.15, -0.1) is 0 Å². The summed E-state index contributed by atoms with van der Waals surface area (Å²) in [6, 6.07) is -0.877. The van der Waals surface area contributed by atoms with Gasteiger partial charge in [-0.1, -0.05) is 13.8 Å². The summed E-state index contributed by atoms with van der Waals surface area (Å²) in [5.74, 6) is -1.42. The van der Waals surface area contributed by atoms with Crippen LogP contribution in [0.25, 0.3) is 0 Å². The van der Waals surface area contributed by atoms with Gasteiger partial charge in [-0.2, -0.15) is 0 Å². The summed E-state index contributed by atoms with van der Waals surface area (Å²) in [6.07, 6.45) is 1.72. The van der Waals surface area contributed by atoms with Crippen LogP contribution in [0, 0.1) is 11.3 Å². The molecule has 1 aliphatic rings. The van der Waals surface area contributed by atoms with Crippen LogP contribution >= 0.6 is 0 Å². The van der Waals surface area contributed by atoms with Crippen LogP contribution in [0.1, 0.15) is 40.5 Å². The molecule has 6 nitrogen and oxygen atoms in total. The van der Waals surface area contributed by atoms with Gasteiger partial charge in [0.05, 0.1) is 0 Å². The molecule has 3 atom stereocenters. The van der Waals surface area contributed by atoms with Crippen molar-refractivity contribution in [2.24, 2.45) is 11.3 Å². The summed E-state index contributed by atoms with van der Waals surface area (Å²) < 4.78 is 0. The molecule has 1 saturated carbocycles. The SMILES string of the molecule is CCC1(C)CC1C(=O)N(CCNC(C)=O)C(C)C(=O)O. The van der Waals surface area contributed by atoms with E-state index in [0.29, 0.717) is 0 Å². The van der Waals surface area contributed by atoms with Crippen LogP contribution < -0.4 is 5.32 Å². The monoisotopic (exact) mass is 284 g/mol. The van der Waals surface area contributed by atoms with E-state index in [1.54, 1.807) is 0 Å². The first-order valence-electron chi connectivity index (χ1n) is 7.00. The molecule has 6 heteroatoms. The molecule has 0 aliphatic heterocycles. The zero-order valence-corrected chi connectivity index (χ0v) is 12.6. The van der Waals surface area contributed by atoms with Crippen molar-refractivity contribution in [3.05, 3.63) is 0 Å². The summed E-state index contributed by atoms with van der Waals surface area (Å²) in [7, 11) is 0. The van der Waals surface area contributed by atoms with Gasteiger partial charge in [0.25, 0.3) is 0 Å². The number of amides is 2. The molecule has 0 heterocycles. The summed E-state index contributed by atoms with van der Waals surface area (Å²) in [4.78, 5) is 35.8. The van der Waals surface area contributed by atoms with Gasteiger partial charge in [-0.3, -0.25) is 9.59 Å². The van der Waals surface area contributed by atoms with Crippen molar-refractivity contribution >= 4 is 17.8 Å². The van der Waals surface area contributed by atoms with Gasteiger partial charge < -0.3 is 15.3 Å². The standard InChI is InChI=1S/C14H24N2O4/c1-5-14(4)8-11(14)12(18)16(9(2)13(19)20)7-6-15-10(3)17/h9,11H,5-8H2,1-4H3,(H,15,17)(H,19,20). The van der Waals surface area contributed by atoms with Crippen molar-refractivity contribution in [3.63, 3.8) is 0 Å². The van der Waals surface area contributed by atoms with Crippen LogP contribution in [0.5, 0.6) is 0 Å². The zero-order valence-electron chi connectivity index (χ0n) is 12.6. The number of aliphatic carboxylic acids is 1. The highest BCUT2D eigenvalue weighted by Crippen LogP contribution is 2.55. The van der Waals surface area contributed by atoms with E-state index in [9.17, 15) is 14.4 Å². The van der Waals surface area contributed by atoms with E-state index in [-0.39, 0.29) is 36.2 Å². The Morgan fingerprint density at radius 1 is 1.45 bits per heavy atom. The Bertz CT molecular complexity index is 410. The van der Waals surface area contributed by atoms with E-state index in [0.717, 1.165) is 12.8 Å². The van der Waals surface area contributed by atoms with Crippen molar-refractivity contribution in [1.82, 2.24) is 10.2 Å². The number of carboxylic acids is 1. The lowest BCUT2D eigenvalue weighted by molar-refractivity contribution is -0.150. The van der Waals surface area contributed by atoms with Crippen LogP contribution in [-0.4, -0.2) is 46.9 Å². The molecule has 0 spiro atoms. The highest BCUT2D eigenvalue weighted by atomic mass is 16.4. The molecule has 0 aromatic heterocycles. The minimum Gasteiger partial charge on any atom is -0.480 e. The molecule has 0 saturated heterocycles. The van der Waals surface area contributed by atoms with Gasteiger partial charge in [-0.05, 0) is 25.2 Å². The quantitative estimate of drug-likeness (QED) is 0.726. The zero-order chi connectivity index (χ0) is 15.5. The molecule has 3 unspecified atom stereocenters. The highest BCUT2D eigenvalue weighted by molar-refractivity contribution is 5.87. The fraction of sp³-hybridized carbons (Fsp3) is 0.786. The smallest absolute Gasteiger partial charge is 0.326 e. The van der Waals surface area contributed by atoms with E-state index >= 15 is 0 Å². The van der Waals surface area contributed by atoms with Gasteiger partial charge in [0.1, 0.15) is 6.04 Å². The van der Waals surface area contributed by atoms with Crippen molar-refractivity contribution in [1.29, 1.82) is 0 Å². The van der Waals surface area contributed by atoms with Gasteiger partial charge in [-0.25, -0.2) is 4.79 Å². The fourth-order valence-corrected chi connectivity index (χ4v) is 2.36. The summed E-state index contributed by atoms with van der Waals surface area (Å²) in [5, 5.41) is 11.7. The van der Waals surface area contributed by atoms with E-state index < -0.39 is 12.0 Å². The normalized spacial score (nSPS) is 25.7. The molecule has 114 valence electrons. The maximum atomic E-state index is 12.5. The Balaban J connectivity index is 2.70. The second-order valence-corrected chi connectivity index (χ2v) is 5.79. The number of hydrogen-bond acceptors (Lipinski definition) is 3. The molecule has 0 aromatic carbocycles. The number of carbonyl (C=O) groups excluding carboxylic acids is 2. The van der Waals surface area contributed by atoms with Crippen LogP contribution in [0.2, 0.25) is 0 Å². The number of nitrogens with one attached hydrogen (secondary N) is 1. The Kier molecular flexibility index (Phi) is 5.14. The third-order valence-corrected chi connectivity index (χ3v) is 4.29.